The van der Waals surface area contributed by atoms with Crippen LogP contribution in [0, 0.1) is 20.8 Å². The molecule has 0 aliphatic rings. The molecule has 28 heavy (non-hydrogen) atoms. The van der Waals surface area contributed by atoms with Crippen molar-refractivity contribution < 1.29 is 14.3 Å². The van der Waals surface area contributed by atoms with Gasteiger partial charge in [-0.15, -0.1) is 0 Å². The summed E-state index contributed by atoms with van der Waals surface area (Å²) in [4.78, 5) is 27.0. The van der Waals surface area contributed by atoms with Crippen molar-refractivity contribution in [2.45, 2.75) is 46.7 Å². The highest BCUT2D eigenvalue weighted by Crippen LogP contribution is 2.18. The van der Waals surface area contributed by atoms with Gasteiger partial charge in [0.2, 0.25) is 5.91 Å². The van der Waals surface area contributed by atoms with Crippen LogP contribution in [0.25, 0.3) is 0 Å². The molecule has 5 nitrogen and oxygen atoms in total. The van der Waals surface area contributed by atoms with Gasteiger partial charge in [0.25, 0.3) is 5.91 Å². The molecular formula is C23H30N2O3. The van der Waals surface area contributed by atoms with E-state index in [1.807, 2.05) is 64.1 Å². The molecule has 0 radical (unpaired) electrons. The quantitative estimate of drug-likeness (QED) is 0.760. The van der Waals surface area contributed by atoms with Gasteiger partial charge in [-0.25, -0.2) is 0 Å². The molecule has 0 saturated carbocycles. The highest BCUT2D eigenvalue weighted by Gasteiger charge is 2.28. The topological polar surface area (TPSA) is 58.6 Å². The maximum atomic E-state index is 13.0. The zero-order chi connectivity index (χ0) is 20.7. The van der Waals surface area contributed by atoms with Crippen LogP contribution in [0.1, 0.15) is 35.6 Å². The Kier molecular flexibility index (Phi) is 7.61. The summed E-state index contributed by atoms with van der Waals surface area (Å²) in [7, 11) is 1.59. The Bertz CT molecular complexity index is 812. The van der Waals surface area contributed by atoms with Crippen molar-refractivity contribution in [2.75, 3.05) is 13.7 Å². The molecule has 0 spiro atoms. The third-order valence-corrected chi connectivity index (χ3v) is 4.79. The Morgan fingerprint density at radius 3 is 2.29 bits per heavy atom. The Morgan fingerprint density at radius 2 is 1.71 bits per heavy atom. The van der Waals surface area contributed by atoms with Crippen LogP contribution in [-0.4, -0.2) is 36.4 Å². The monoisotopic (exact) mass is 382 g/mol. The van der Waals surface area contributed by atoms with Crippen LogP contribution in [-0.2, 0) is 16.1 Å². The van der Waals surface area contributed by atoms with Crippen LogP contribution < -0.4 is 10.1 Å². The molecule has 2 aromatic rings. The van der Waals surface area contributed by atoms with Gasteiger partial charge >= 0.3 is 0 Å². The number of benzene rings is 2. The molecule has 0 aliphatic heterocycles. The Balaban J connectivity index is 2.22. The van der Waals surface area contributed by atoms with Gasteiger partial charge in [0, 0.05) is 13.6 Å². The first-order valence-electron chi connectivity index (χ1n) is 9.62. The number of nitrogens with zero attached hydrogens (tertiary/aromatic N) is 1. The lowest BCUT2D eigenvalue weighted by atomic mass is 10.1. The van der Waals surface area contributed by atoms with Crippen LogP contribution in [0.15, 0.2) is 42.5 Å². The minimum atomic E-state index is -0.542. The van der Waals surface area contributed by atoms with E-state index in [0.717, 1.165) is 22.3 Å². The fraction of sp³-hybridized carbons (Fsp3) is 0.391. The molecule has 150 valence electrons. The molecule has 0 fully saturated rings. The first-order valence-corrected chi connectivity index (χ1v) is 9.62. The predicted octanol–water partition coefficient (Wildman–Crippen LogP) is 3.54. The SMILES string of the molecule is CCC(C(=O)NC)N(Cc1ccccc1C)C(=O)COc1cc(C)cc(C)c1. The molecule has 2 rings (SSSR count). The minimum Gasteiger partial charge on any atom is -0.484 e. The van der Waals surface area contributed by atoms with Crippen LogP contribution in [0.4, 0.5) is 0 Å². The van der Waals surface area contributed by atoms with E-state index >= 15 is 0 Å². The van der Waals surface area contributed by atoms with Crippen molar-refractivity contribution >= 4 is 11.8 Å². The molecule has 5 heteroatoms. The van der Waals surface area contributed by atoms with E-state index in [-0.39, 0.29) is 18.4 Å². The van der Waals surface area contributed by atoms with E-state index in [9.17, 15) is 9.59 Å². The molecule has 0 bridgehead atoms. The zero-order valence-electron chi connectivity index (χ0n) is 17.4. The lowest BCUT2D eigenvalue weighted by molar-refractivity contribution is -0.142. The third-order valence-electron chi connectivity index (χ3n) is 4.79. The summed E-state index contributed by atoms with van der Waals surface area (Å²) in [6, 6.07) is 13.2. The molecule has 1 N–H and O–H groups in total. The predicted molar refractivity (Wildman–Crippen MR) is 111 cm³/mol. The van der Waals surface area contributed by atoms with Gasteiger partial charge in [-0.1, -0.05) is 37.3 Å². The van der Waals surface area contributed by atoms with E-state index in [4.69, 9.17) is 4.74 Å². The van der Waals surface area contributed by atoms with Crippen molar-refractivity contribution in [3.05, 3.63) is 64.7 Å². The number of amides is 2. The average molecular weight is 383 g/mol. The lowest BCUT2D eigenvalue weighted by Crippen LogP contribution is -2.49. The van der Waals surface area contributed by atoms with Gasteiger partial charge in [-0.3, -0.25) is 9.59 Å². The summed E-state index contributed by atoms with van der Waals surface area (Å²) in [5.41, 5.74) is 4.26. The summed E-state index contributed by atoms with van der Waals surface area (Å²) in [5.74, 6) is 0.281. The smallest absolute Gasteiger partial charge is 0.261 e. The Morgan fingerprint density at radius 1 is 1.07 bits per heavy atom. The molecule has 0 heterocycles. The number of ether oxygens (including phenoxy) is 1. The summed E-state index contributed by atoms with van der Waals surface area (Å²) >= 11 is 0. The van der Waals surface area contributed by atoms with Gasteiger partial charge in [0.05, 0.1) is 0 Å². The van der Waals surface area contributed by atoms with E-state index in [0.29, 0.717) is 18.7 Å². The van der Waals surface area contributed by atoms with Crippen molar-refractivity contribution in [1.29, 1.82) is 0 Å². The van der Waals surface area contributed by atoms with Gasteiger partial charge in [0.15, 0.2) is 6.61 Å². The third kappa shape index (κ3) is 5.59. The number of aryl methyl sites for hydroxylation is 3. The van der Waals surface area contributed by atoms with Gasteiger partial charge in [-0.2, -0.15) is 0 Å². The van der Waals surface area contributed by atoms with Crippen LogP contribution in [0.2, 0.25) is 0 Å². The molecular weight excluding hydrogens is 352 g/mol. The van der Waals surface area contributed by atoms with Crippen molar-refractivity contribution in [2.24, 2.45) is 0 Å². The maximum absolute atomic E-state index is 13.0. The number of carbonyl (C=O) groups is 2. The number of rotatable bonds is 8. The molecule has 2 amide bonds. The fourth-order valence-corrected chi connectivity index (χ4v) is 3.30. The van der Waals surface area contributed by atoms with Gasteiger partial charge in [-0.05, 0) is 61.6 Å². The van der Waals surface area contributed by atoms with Crippen molar-refractivity contribution in [1.82, 2.24) is 10.2 Å². The lowest BCUT2D eigenvalue weighted by Gasteiger charge is -2.30. The minimum absolute atomic E-state index is 0.109. The van der Waals surface area contributed by atoms with Crippen LogP contribution in [0.5, 0.6) is 5.75 Å². The molecule has 1 atom stereocenters. The second-order valence-corrected chi connectivity index (χ2v) is 7.10. The largest absolute Gasteiger partial charge is 0.484 e. The van der Waals surface area contributed by atoms with Crippen molar-refractivity contribution in [3.63, 3.8) is 0 Å². The van der Waals surface area contributed by atoms with Gasteiger partial charge in [0.1, 0.15) is 11.8 Å². The van der Waals surface area contributed by atoms with E-state index < -0.39 is 6.04 Å². The first-order chi connectivity index (χ1) is 13.3. The molecule has 0 aromatic heterocycles. The molecule has 0 aliphatic carbocycles. The normalized spacial score (nSPS) is 11.6. The second-order valence-electron chi connectivity index (χ2n) is 7.10. The number of hydrogen-bond donors (Lipinski definition) is 1. The van der Waals surface area contributed by atoms with Crippen LogP contribution in [0.3, 0.4) is 0 Å². The van der Waals surface area contributed by atoms with Crippen LogP contribution >= 0.6 is 0 Å². The highest BCUT2D eigenvalue weighted by atomic mass is 16.5. The molecule has 0 saturated heterocycles. The van der Waals surface area contributed by atoms with Gasteiger partial charge < -0.3 is 15.0 Å². The molecule has 2 aromatic carbocycles. The van der Waals surface area contributed by atoms with E-state index in [1.54, 1.807) is 11.9 Å². The van der Waals surface area contributed by atoms with Crippen molar-refractivity contribution in [3.8, 4) is 5.75 Å². The summed E-state index contributed by atoms with van der Waals surface area (Å²) in [6.45, 7) is 8.15. The summed E-state index contributed by atoms with van der Waals surface area (Å²) in [6.07, 6.45) is 0.529. The Labute approximate surface area is 167 Å². The van der Waals surface area contributed by atoms with E-state index in [1.165, 1.54) is 0 Å². The number of hydrogen-bond acceptors (Lipinski definition) is 3. The average Bonchev–Trinajstić information content (AvgIpc) is 2.66. The second kappa shape index (κ2) is 9.93. The standard InChI is InChI=1S/C23H30N2O3/c1-6-21(23(27)24-5)25(14-19-10-8-7-9-18(19)4)22(26)15-28-20-12-16(2)11-17(3)13-20/h7-13,21H,6,14-15H2,1-5H3,(H,24,27). The highest BCUT2D eigenvalue weighted by molar-refractivity contribution is 5.88. The van der Waals surface area contributed by atoms with E-state index in [2.05, 4.69) is 11.4 Å². The number of carbonyl (C=O) groups excluding carboxylic acids is 2. The Hall–Kier alpha value is -2.82. The molecule has 1 unspecified atom stereocenters. The summed E-state index contributed by atoms with van der Waals surface area (Å²) < 4.78 is 5.76. The number of likely N-dealkylation sites (N-methyl/N-ethyl adjacent to an activating group) is 1. The maximum Gasteiger partial charge on any atom is 0.261 e. The number of nitrogens with one attached hydrogen (secondary N) is 1. The fourth-order valence-electron chi connectivity index (χ4n) is 3.30. The first kappa shape index (κ1) is 21.5. The zero-order valence-corrected chi connectivity index (χ0v) is 17.4. The summed E-state index contributed by atoms with van der Waals surface area (Å²) in [5, 5.41) is 2.67.